The largest absolute Gasteiger partial charge is 0.459 e. The molecule has 0 unspecified atom stereocenters. The van der Waals surface area contributed by atoms with Crippen LogP contribution in [-0.4, -0.2) is 39.8 Å². The molecule has 0 radical (unpaired) electrons. The summed E-state index contributed by atoms with van der Waals surface area (Å²) >= 11 is 0. The highest BCUT2D eigenvalue weighted by Crippen LogP contribution is 2.50. The third-order valence-electron chi connectivity index (χ3n) is 5.61. The Morgan fingerprint density at radius 2 is 2.04 bits per heavy atom. The van der Waals surface area contributed by atoms with Gasteiger partial charge in [-0.1, -0.05) is 26.0 Å². The molecule has 0 saturated heterocycles. The molecule has 2 rings (SSSR count). The lowest BCUT2D eigenvalue weighted by Gasteiger charge is -2.48. The van der Waals surface area contributed by atoms with Gasteiger partial charge in [-0.3, -0.25) is 4.79 Å². The van der Waals surface area contributed by atoms with Gasteiger partial charge in [0.1, 0.15) is 6.10 Å². The first-order valence-electron chi connectivity index (χ1n) is 8.66. The average Bonchev–Trinajstić information content (AvgIpc) is 2.52. The molecule has 4 atom stereocenters. The van der Waals surface area contributed by atoms with Crippen molar-refractivity contribution in [1.29, 1.82) is 0 Å². The standard InChI is InChI=1S/C20H28O5/c1-7-11(2)18(23)25-17-9-16(22)13-8-15(21)14(19(4,5)24)10-20(13,6)12(17)3/h7-8,10,12,16-17,22,24H,9H2,1-6H3/b11-7-/t12-,16+,17-,20+/m0/s1. The minimum Gasteiger partial charge on any atom is -0.459 e. The van der Waals surface area contributed by atoms with Crippen molar-refractivity contribution in [3.63, 3.8) is 0 Å². The van der Waals surface area contributed by atoms with Crippen LogP contribution in [0.15, 0.2) is 34.9 Å². The number of rotatable bonds is 3. The van der Waals surface area contributed by atoms with Gasteiger partial charge in [-0.05, 0) is 39.3 Å². The molecule has 0 aromatic heterocycles. The zero-order valence-electron chi connectivity index (χ0n) is 15.8. The number of hydrogen-bond donors (Lipinski definition) is 2. The van der Waals surface area contributed by atoms with E-state index in [9.17, 15) is 19.8 Å². The Morgan fingerprint density at radius 1 is 1.44 bits per heavy atom. The van der Waals surface area contributed by atoms with Gasteiger partial charge in [-0.25, -0.2) is 4.79 Å². The van der Waals surface area contributed by atoms with Crippen molar-refractivity contribution in [2.45, 2.75) is 65.8 Å². The number of hydrogen-bond acceptors (Lipinski definition) is 5. The highest BCUT2D eigenvalue weighted by molar-refractivity contribution is 6.07. The fourth-order valence-corrected chi connectivity index (χ4v) is 3.59. The van der Waals surface area contributed by atoms with Gasteiger partial charge in [-0.2, -0.15) is 0 Å². The zero-order chi connectivity index (χ0) is 19.2. The fourth-order valence-electron chi connectivity index (χ4n) is 3.59. The highest BCUT2D eigenvalue weighted by atomic mass is 16.5. The Labute approximate surface area is 149 Å². The van der Waals surface area contributed by atoms with E-state index in [1.54, 1.807) is 39.8 Å². The summed E-state index contributed by atoms with van der Waals surface area (Å²) in [6.45, 7) is 10.4. The van der Waals surface area contributed by atoms with Crippen LogP contribution in [0.4, 0.5) is 0 Å². The second-order valence-corrected chi connectivity index (χ2v) is 7.82. The number of fused-ring (bicyclic) bond motifs is 1. The Bertz CT molecular complexity index is 677. The Kier molecular flexibility index (Phi) is 5.13. The highest BCUT2D eigenvalue weighted by Gasteiger charge is 2.50. The number of ketones is 1. The molecule has 0 bridgehead atoms. The molecule has 5 heteroatoms. The maximum Gasteiger partial charge on any atom is 0.333 e. The van der Waals surface area contributed by atoms with Gasteiger partial charge in [0, 0.05) is 28.9 Å². The smallest absolute Gasteiger partial charge is 0.333 e. The summed E-state index contributed by atoms with van der Waals surface area (Å²) in [5.41, 5.74) is -0.518. The molecular weight excluding hydrogens is 320 g/mol. The molecule has 0 spiro atoms. The van der Waals surface area contributed by atoms with Gasteiger partial charge >= 0.3 is 5.97 Å². The third-order valence-corrected chi connectivity index (χ3v) is 5.61. The third kappa shape index (κ3) is 3.48. The van der Waals surface area contributed by atoms with Crippen LogP contribution < -0.4 is 0 Å². The molecule has 25 heavy (non-hydrogen) atoms. The summed E-state index contributed by atoms with van der Waals surface area (Å²) in [5, 5.41) is 20.9. The second kappa shape index (κ2) is 6.54. The lowest BCUT2D eigenvalue weighted by Crippen LogP contribution is -2.49. The molecule has 0 heterocycles. The predicted octanol–water partition coefficient (Wildman–Crippen LogP) is 2.48. The maximum atomic E-state index is 12.4. The number of allylic oxidation sites excluding steroid dienone is 3. The van der Waals surface area contributed by atoms with E-state index >= 15 is 0 Å². The van der Waals surface area contributed by atoms with E-state index in [-0.39, 0.29) is 18.1 Å². The summed E-state index contributed by atoms with van der Waals surface area (Å²) in [6.07, 6.45) is 3.76. The van der Waals surface area contributed by atoms with Gasteiger partial charge in [0.05, 0.1) is 11.7 Å². The van der Waals surface area contributed by atoms with Crippen LogP contribution in [0, 0.1) is 11.3 Å². The number of carbonyl (C=O) groups is 2. The second-order valence-electron chi connectivity index (χ2n) is 7.82. The predicted molar refractivity (Wildman–Crippen MR) is 94.7 cm³/mol. The number of aliphatic hydroxyl groups is 2. The summed E-state index contributed by atoms with van der Waals surface area (Å²) in [5.74, 6) is -0.839. The van der Waals surface area contributed by atoms with Gasteiger partial charge in [-0.15, -0.1) is 0 Å². The van der Waals surface area contributed by atoms with Crippen molar-refractivity contribution in [2.24, 2.45) is 11.3 Å². The van der Waals surface area contributed by atoms with E-state index in [1.165, 1.54) is 6.08 Å². The van der Waals surface area contributed by atoms with Gasteiger partial charge < -0.3 is 14.9 Å². The Morgan fingerprint density at radius 3 is 2.56 bits per heavy atom. The lowest BCUT2D eigenvalue weighted by molar-refractivity contribution is -0.152. The number of aliphatic hydroxyl groups excluding tert-OH is 1. The molecule has 0 aromatic carbocycles. The van der Waals surface area contributed by atoms with E-state index in [0.29, 0.717) is 16.7 Å². The minimum atomic E-state index is -1.28. The molecule has 2 aliphatic rings. The number of ether oxygens (including phenoxy) is 1. The van der Waals surface area contributed by atoms with Crippen molar-refractivity contribution < 1.29 is 24.5 Å². The molecule has 0 aromatic rings. The van der Waals surface area contributed by atoms with Gasteiger partial charge in [0.2, 0.25) is 0 Å². The van der Waals surface area contributed by atoms with Crippen molar-refractivity contribution in [3.05, 3.63) is 34.9 Å². The van der Waals surface area contributed by atoms with E-state index in [1.807, 2.05) is 13.8 Å². The first-order valence-corrected chi connectivity index (χ1v) is 8.66. The van der Waals surface area contributed by atoms with Crippen LogP contribution in [0.1, 0.15) is 48.0 Å². The molecule has 138 valence electrons. The van der Waals surface area contributed by atoms with Gasteiger partial charge in [0.15, 0.2) is 5.78 Å². The zero-order valence-corrected chi connectivity index (χ0v) is 15.8. The number of esters is 1. The van der Waals surface area contributed by atoms with Crippen LogP contribution in [0.2, 0.25) is 0 Å². The molecular formula is C20H28O5. The minimum absolute atomic E-state index is 0.152. The number of carbonyl (C=O) groups excluding carboxylic acids is 2. The molecule has 1 fully saturated rings. The summed E-state index contributed by atoms with van der Waals surface area (Å²) in [6, 6.07) is 0. The van der Waals surface area contributed by atoms with E-state index < -0.39 is 29.2 Å². The SMILES string of the molecule is C/C=C(/C)C(=O)O[C@H]1C[C@@H](O)C2=CC(=O)C(C(C)(C)O)=C[C@]2(C)[C@H]1C. The summed E-state index contributed by atoms with van der Waals surface area (Å²) in [7, 11) is 0. The van der Waals surface area contributed by atoms with Gasteiger partial charge in [0.25, 0.3) is 0 Å². The molecule has 0 amide bonds. The summed E-state index contributed by atoms with van der Waals surface area (Å²) in [4.78, 5) is 24.5. The Balaban J connectivity index is 2.41. The normalized spacial score (nSPS) is 33.4. The fraction of sp³-hybridized carbons (Fsp3) is 0.600. The molecule has 2 N–H and O–H groups in total. The van der Waals surface area contributed by atoms with Crippen molar-refractivity contribution >= 4 is 11.8 Å². The topological polar surface area (TPSA) is 83.8 Å². The molecule has 1 saturated carbocycles. The van der Waals surface area contributed by atoms with Crippen LogP contribution in [0.3, 0.4) is 0 Å². The van der Waals surface area contributed by atoms with Crippen molar-refractivity contribution in [1.82, 2.24) is 0 Å². The quantitative estimate of drug-likeness (QED) is 0.605. The van der Waals surface area contributed by atoms with E-state index in [0.717, 1.165) is 0 Å². The van der Waals surface area contributed by atoms with Crippen molar-refractivity contribution in [3.8, 4) is 0 Å². The average molecular weight is 348 g/mol. The monoisotopic (exact) mass is 348 g/mol. The molecule has 0 aliphatic heterocycles. The maximum absolute atomic E-state index is 12.4. The van der Waals surface area contributed by atoms with Crippen LogP contribution >= 0.6 is 0 Å². The summed E-state index contributed by atoms with van der Waals surface area (Å²) < 4.78 is 5.62. The van der Waals surface area contributed by atoms with Crippen LogP contribution in [0.25, 0.3) is 0 Å². The Hall–Kier alpha value is -1.72. The lowest BCUT2D eigenvalue weighted by atomic mass is 9.59. The van der Waals surface area contributed by atoms with Crippen LogP contribution in [-0.2, 0) is 14.3 Å². The van der Waals surface area contributed by atoms with E-state index in [2.05, 4.69) is 0 Å². The van der Waals surface area contributed by atoms with Crippen LogP contribution in [0.5, 0.6) is 0 Å². The molecule has 2 aliphatic carbocycles. The first-order chi connectivity index (χ1) is 11.4. The molecule has 5 nitrogen and oxygen atoms in total. The van der Waals surface area contributed by atoms with E-state index in [4.69, 9.17) is 4.74 Å². The van der Waals surface area contributed by atoms with Crippen molar-refractivity contribution in [2.75, 3.05) is 0 Å². The first kappa shape index (κ1) is 19.6.